The summed E-state index contributed by atoms with van der Waals surface area (Å²) >= 11 is 0. The van der Waals surface area contributed by atoms with Gasteiger partial charge in [-0.3, -0.25) is 4.79 Å². The third kappa shape index (κ3) is 4.82. The van der Waals surface area contributed by atoms with E-state index >= 15 is 0 Å². The largest absolute Gasteiger partial charge is 0.387 e. The number of aliphatic hydroxyl groups is 1. The molecule has 1 heterocycles. The van der Waals surface area contributed by atoms with Crippen molar-refractivity contribution < 1.29 is 9.90 Å². The summed E-state index contributed by atoms with van der Waals surface area (Å²) in [6, 6.07) is 7.73. The van der Waals surface area contributed by atoms with Gasteiger partial charge < -0.3 is 15.7 Å². The molecule has 1 fully saturated rings. The van der Waals surface area contributed by atoms with Crippen LogP contribution in [0.15, 0.2) is 24.3 Å². The lowest BCUT2D eigenvalue weighted by atomic mass is 9.85. The van der Waals surface area contributed by atoms with Crippen molar-refractivity contribution in [1.29, 1.82) is 0 Å². The molecule has 1 aliphatic heterocycles. The Kier molecular flexibility index (Phi) is 6.40. The molecule has 3 N–H and O–H groups in total. The number of aliphatic hydroxyl groups excluding tert-OH is 1. The first-order valence-electron chi connectivity index (χ1n) is 8.29. The predicted octanol–water partition coefficient (Wildman–Crippen LogP) is 2.17. The van der Waals surface area contributed by atoms with Crippen LogP contribution in [0.2, 0.25) is 0 Å². The minimum Gasteiger partial charge on any atom is -0.387 e. The van der Waals surface area contributed by atoms with E-state index in [4.69, 9.17) is 0 Å². The fraction of sp³-hybridized carbons (Fsp3) is 0.611. The van der Waals surface area contributed by atoms with Gasteiger partial charge in [-0.15, -0.1) is 0 Å². The number of piperidine rings is 1. The number of benzene rings is 1. The molecule has 4 nitrogen and oxygen atoms in total. The molecule has 22 heavy (non-hydrogen) atoms. The van der Waals surface area contributed by atoms with Crippen molar-refractivity contribution in [1.82, 2.24) is 10.6 Å². The van der Waals surface area contributed by atoms with Crippen molar-refractivity contribution in [2.24, 2.45) is 11.8 Å². The molecule has 0 aromatic heterocycles. The van der Waals surface area contributed by atoms with Crippen LogP contribution in [0.4, 0.5) is 0 Å². The summed E-state index contributed by atoms with van der Waals surface area (Å²) in [5.74, 6) is 0.995. The molecule has 0 saturated carbocycles. The van der Waals surface area contributed by atoms with Crippen LogP contribution in [0, 0.1) is 18.8 Å². The minimum absolute atomic E-state index is 0.0331. The third-order valence-corrected chi connectivity index (χ3v) is 4.69. The van der Waals surface area contributed by atoms with E-state index in [1.807, 2.05) is 31.2 Å². The predicted molar refractivity (Wildman–Crippen MR) is 88.5 cm³/mol. The van der Waals surface area contributed by atoms with Crippen molar-refractivity contribution in [2.75, 3.05) is 19.6 Å². The van der Waals surface area contributed by atoms with Crippen molar-refractivity contribution >= 4 is 5.91 Å². The average molecular weight is 304 g/mol. The van der Waals surface area contributed by atoms with Gasteiger partial charge in [0.2, 0.25) is 5.91 Å². The Morgan fingerprint density at radius 1 is 1.45 bits per heavy atom. The van der Waals surface area contributed by atoms with Crippen molar-refractivity contribution in [2.45, 2.75) is 39.2 Å². The highest BCUT2D eigenvalue weighted by molar-refractivity contribution is 5.76. The smallest absolute Gasteiger partial charge is 0.220 e. The van der Waals surface area contributed by atoms with E-state index < -0.39 is 6.10 Å². The number of hydrogen-bond donors (Lipinski definition) is 3. The van der Waals surface area contributed by atoms with Gasteiger partial charge in [-0.2, -0.15) is 0 Å². The Morgan fingerprint density at radius 3 is 2.91 bits per heavy atom. The van der Waals surface area contributed by atoms with Gasteiger partial charge in [0, 0.05) is 13.0 Å². The first-order chi connectivity index (χ1) is 10.6. The molecule has 3 atom stereocenters. The first-order valence-corrected chi connectivity index (χ1v) is 8.29. The zero-order valence-corrected chi connectivity index (χ0v) is 13.6. The molecular formula is C18H28N2O2. The van der Waals surface area contributed by atoms with Gasteiger partial charge in [0.1, 0.15) is 0 Å². The molecule has 1 amide bonds. The topological polar surface area (TPSA) is 61.4 Å². The fourth-order valence-electron chi connectivity index (χ4n) is 3.18. The second kappa shape index (κ2) is 8.30. The number of carbonyl (C=O) groups excluding carboxylic acids is 1. The fourth-order valence-corrected chi connectivity index (χ4v) is 3.18. The first kappa shape index (κ1) is 17.0. The zero-order valence-electron chi connectivity index (χ0n) is 13.6. The van der Waals surface area contributed by atoms with Gasteiger partial charge in [0.15, 0.2) is 0 Å². The van der Waals surface area contributed by atoms with Gasteiger partial charge in [0.25, 0.3) is 0 Å². The highest BCUT2D eigenvalue weighted by atomic mass is 16.3. The number of hydrogen-bond acceptors (Lipinski definition) is 3. The Balaban J connectivity index is 1.76. The van der Waals surface area contributed by atoms with Crippen LogP contribution in [0.5, 0.6) is 0 Å². The molecular weight excluding hydrogens is 276 g/mol. The maximum absolute atomic E-state index is 12.1. The average Bonchev–Trinajstić information content (AvgIpc) is 2.54. The summed E-state index contributed by atoms with van der Waals surface area (Å²) in [6.07, 6.45) is 2.29. The number of amides is 1. The third-order valence-electron chi connectivity index (χ3n) is 4.69. The summed E-state index contributed by atoms with van der Waals surface area (Å²) in [6.45, 7) is 6.51. The summed E-state index contributed by atoms with van der Waals surface area (Å²) in [5.41, 5.74) is 1.93. The molecule has 122 valence electrons. The Bertz CT molecular complexity index is 484. The van der Waals surface area contributed by atoms with E-state index in [0.29, 0.717) is 18.3 Å². The monoisotopic (exact) mass is 304 g/mol. The quantitative estimate of drug-likeness (QED) is 0.755. The van der Waals surface area contributed by atoms with Crippen molar-refractivity contribution in [3.8, 4) is 0 Å². The Hall–Kier alpha value is -1.39. The minimum atomic E-state index is -0.642. The molecule has 0 spiro atoms. The van der Waals surface area contributed by atoms with Crippen molar-refractivity contribution in [3.63, 3.8) is 0 Å². The SMILES string of the molecule is Cc1ccccc1C(O)CNC(=O)CC(C)C1CCCNC1. The normalized spacial score (nSPS) is 21.1. The molecule has 0 aliphatic carbocycles. The molecule has 4 heteroatoms. The zero-order chi connectivity index (χ0) is 15.9. The van der Waals surface area contributed by atoms with Crippen molar-refractivity contribution in [3.05, 3.63) is 35.4 Å². The van der Waals surface area contributed by atoms with Crippen LogP contribution in [-0.4, -0.2) is 30.6 Å². The van der Waals surface area contributed by atoms with Crippen LogP contribution in [0.25, 0.3) is 0 Å². The lowest BCUT2D eigenvalue weighted by Gasteiger charge is -2.28. The van der Waals surface area contributed by atoms with Crippen LogP contribution < -0.4 is 10.6 Å². The van der Waals surface area contributed by atoms with Crippen LogP contribution in [-0.2, 0) is 4.79 Å². The highest BCUT2D eigenvalue weighted by Gasteiger charge is 2.22. The number of rotatable bonds is 6. The van der Waals surface area contributed by atoms with E-state index in [1.54, 1.807) is 0 Å². The van der Waals surface area contributed by atoms with E-state index in [1.165, 1.54) is 12.8 Å². The second-order valence-corrected chi connectivity index (χ2v) is 6.46. The molecule has 1 aromatic rings. The van der Waals surface area contributed by atoms with Gasteiger partial charge in [0.05, 0.1) is 6.10 Å². The van der Waals surface area contributed by atoms with E-state index in [2.05, 4.69) is 17.6 Å². The molecule has 2 rings (SSSR count). The molecule has 0 radical (unpaired) electrons. The van der Waals surface area contributed by atoms with Gasteiger partial charge in [-0.1, -0.05) is 31.2 Å². The maximum atomic E-state index is 12.1. The Labute approximate surface area is 133 Å². The highest BCUT2D eigenvalue weighted by Crippen LogP contribution is 2.22. The van der Waals surface area contributed by atoms with E-state index in [9.17, 15) is 9.90 Å². The maximum Gasteiger partial charge on any atom is 0.220 e. The van der Waals surface area contributed by atoms with Gasteiger partial charge in [-0.25, -0.2) is 0 Å². The second-order valence-electron chi connectivity index (χ2n) is 6.46. The lowest BCUT2D eigenvalue weighted by Crippen LogP contribution is -2.36. The van der Waals surface area contributed by atoms with Gasteiger partial charge >= 0.3 is 0 Å². The van der Waals surface area contributed by atoms with E-state index in [-0.39, 0.29) is 12.5 Å². The number of carbonyl (C=O) groups is 1. The molecule has 1 aromatic carbocycles. The summed E-state index contributed by atoms with van der Waals surface area (Å²) in [7, 11) is 0. The summed E-state index contributed by atoms with van der Waals surface area (Å²) in [5, 5.41) is 16.5. The Morgan fingerprint density at radius 2 is 2.23 bits per heavy atom. The van der Waals surface area contributed by atoms with E-state index in [0.717, 1.165) is 24.2 Å². The molecule has 1 aliphatic rings. The number of nitrogens with one attached hydrogen (secondary N) is 2. The standard InChI is InChI=1S/C18H28N2O2/c1-13-6-3-4-8-16(13)17(21)12-20-18(22)10-14(2)15-7-5-9-19-11-15/h3-4,6,8,14-15,17,19,21H,5,7,9-12H2,1-2H3,(H,20,22). The summed E-state index contributed by atoms with van der Waals surface area (Å²) in [4.78, 5) is 12.1. The van der Waals surface area contributed by atoms with Gasteiger partial charge in [-0.05, 0) is 55.8 Å². The summed E-state index contributed by atoms with van der Waals surface area (Å²) < 4.78 is 0. The molecule has 1 saturated heterocycles. The van der Waals surface area contributed by atoms with Crippen LogP contribution >= 0.6 is 0 Å². The lowest BCUT2D eigenvalue weighted by molar-refractivity contribution is -0.122. The number of aryl methyl sites for hydroxylation is 1. The molecule has 3 unspecified atom stereocenters. The van der Waals surface area contributed by atoms with Crippen LogP contribution in [0.1, 0.15) is 43.4 Å². The van der Waals surface area contributed by atoms with Crippen LogP contribution in [0.3, 0.4) is 0 Å². The molecule has 0 bridgehead atoms.